The minimum atomic E-state index is -0.329. The Kier molecular flexibility index (Phi) is 4.57. The molecule has 1 aliphatic heterocycles. The van der Waals surface area contributed by atoms with E-state index in [2.05, 4.69) is 6.58 Å². The lowest BCUT2D eigenvalue weighted by Gasteiger charge is -1.80. The first-order valence-electron chi connectivity index (χ1n) is 2.55. The summed E-state index contributed by atoms with van der Waals surface area (Å²) in [6, 6.07) is 0. The second kappa shape index (κ2) is 4.93. The molecule has 5 heteroatoms. The molecule has 60 valence electrons. The molecule has 1 N–H and O–H groups in total. The van der Waals surface area contributed by atoms with Crippen molar-refractivity contribution in [2.24, 2.45) is 0 Å². The third-order valence-corrected chi connectivity index (χ3v) is 0.632. The van der Waals surface area contributed by atoms with E-state index in [-0.39, 0.29) is 16.3 Å². The van der Waals surface area contributed by atoms with Crippen molar-refractivity contribution in [3.05, 3.63) is 23.2 Å². The fraction of sp³-hybridized carbons (Fsp3) is 0. The Hall–Kier alpha value is -0.800. The van der Waals surface area contributed by atoms with E-state index in [1.54, 1.807) is 0 Å². The molecular formula is C6H5Cl2NO2. The van der Waals surface area contributed by atoms with Gasteiger partial charge in [0.25, 0.3) is 11.8 Å². The summed E-state index contributed by atoms with van der Waals surface area (Å²) in [4.78, 5) is 20.1. The zero-order chi connectivity index (χ0) is 8.85. The van der Waals surface area contributed by atoms with Gasteiger partial charge in [0.2, 0.25) is 0 Å². The molecule has 1 aliphatic rings. The lowest BCUT2D eigenvalue weighted by atomic mass is 10.6. The van der Waals surface area contributed by atoms with Crippen molar-refractivity contribution in [1.29, 1.82) is 0 Å². The highest BCUT2D eigenvalue weighted by Crippen LogP contribution is 1.98. The lowest BCUT2D eigenvalue weighted by Crippen LogP contribution is -2.19. The van der Waals surface area contributed by atoms with Crippen molar-refractivity contribution in [1.82, 2.24) is 5.32 Å². The maximum atomic E-state index is 10.0. The third-order valence-electron chi connectivity index (χ3n) is 0.632. The summed E-state index contributed by atoms with van der Waals surface area (Å²) < 4.78 is 0.111. The summed E-state index contributed by atoms with van der Waals surface area (Å²) >= 11 is 9.69. The normalized spacial score (nSPS) is 13.6. The van der Waals surface area contributed by atoms with Gasteiger partial charge < -0.3 is 0 Å². The van der Waals surface area contributed by atoms with Crippen molar-refractivity contribution in [3.8, 4) is 0 Å². The minimum Gasteiger partial charge on any atom is -0.289 e. The van der Waals surface area contributed by atoms with Crippen molar-refractivity contribution < 1.29 is 9.59 Å². The third kappa shape index (κ3) is 7.09. The van der Waals surface area contributed by atoms with Gasteiger partial charge in [-0.3, -0.25) is 14.9 Å². The molecule has 0 atom stereocenters. The van der Waals surface area contributed by atoms with Gasteiger partial charge in [-0.05, 0) is 0 Å². The summed E-state index contributed by atoms with van der Waals surface area (Å²) in [6.45, 7) is 3.09. The van der Waals surface area contributed by atoms with Crippen LogP contribution in [0.15, 0.2) is 23.2 Å². The predicted octanol–water partition coefficient (Wildman–Crippen LogP) is 1.13. The van der Waals surface area contributed by atoms with Crippen molar-refractivity contribution in [2.75, 3.05) is 0 Å². The van der Waals surface area contributed by atoms with E-state index < -0.39 is 0 Å². The number of hydrogen-bond acceptors (Lipinski definition) is 2. The molecule has 0 radical (unpaired) electrons. The van der Waals surface area contributed by atoms with E-state index in [1.807, 2.05) is 5.32 Å². The van der Waals surface area contributed by atoms with Gasteiger partial charge in [0.15, 0.2) is 0 Å². The first-order valence-corrected chi connectivity index (χ1v) is 3.31. The van der Waals surface area contributed by atoms with Crippen LogP contribution in [0, 0.1) is 0 Å². The molecule has 0 unspecified atom stereocenters. The Labute approximate surface area is 73.7 Å². The van der Waals surface area contributed by atoms with Crippen molar-refractivity contribution >= 4 is 35.0 Å². The van der Waals surface area contributed by atoms with E-state index in [0.717, 1.165) is 0 Å². The molecule has 0 aromatic carbocycles. The minimum absolute atomic E-state index is 0.111. The van der Waals surface area contributed by atoms with Gasteiger partial charge in [-0.25, -0.2) is 0 Å². The predicted molar refractivity (Wildman–Crippen MR) is 43.1 cm³/mol. The molecule has 0 spiro atoms. The summed E-state index contributed by atoms with van der Waals surface area (Å²) in [5.41, 5.74) is 0. The molecule has 1 rings (SSSR count). The maximum Gasteiger partial charge on any atom is 0.250 e. The van der Waals surface area contributed by atoms with E-state index in [9.17, 15) is 9.59 Å². The van der Waals surface area contributed by atoms with E-state index in [4.69, 9.17) is 23.2 Å². The fourth-order valence-electron chi connectivity index (χ4n) is 0.356. The number of imide groups is 1. The first-order chi connectivity index (χ1) is 5.02. The second-order valence-electron chi connectivity index (χ2n) is 1.53. The Morgan fingerprint density at radius 1 is 1.27 bits per heavy atom. The van der Waals surface area contributed by atoms with Gasteiger partial charge >= 0.3 is 0 Å². The highest BCUT2D eigenvalue weighted by atomic mass is 35.5. The maximum absolute atomic E-state index is 10.0. The van der Waals surface area contributed by atoms with Crippen LogP contribution in [0.25, 0.3) is 0 Å². The van der Waals surface area contributed by atoms with Gasteiger partial charge in [-0.1, -0.05) is 29.8 Å². The molecular weight excluding hydrogens is 189 g/mol. The van der Waals surface area contributed by atoms with Crippen LogP contribution >= 0.6 is 23.2 Å². The molecule has 2 amide bonds. The smallest absolute Gasteiger partial charge is 0.250 e. The van der Waals surface area contributed by atoms with E-state index >= 15 is 0 Å². The first kappa shape index (κ1) is 10.2. The van der Waals surface area contributed by atoms with Gasteiger partial charge in [0.05, 0.1) is 4.49 Å². The molecule has 1 heterocycles. The van der Waals surface area contributed by atoms with Crippen molar-refractivity contribution in [2.45, 2.75) is 0 Å². The Morgan fingerprint density at radius 3 is 1.64 bits per heavy atom. The molecule has 0 aromatic rings. The molecule has 0 aliphatic carbocycles. The molecule has 0 bridgehead atoms. The monoisotopic (exact) mass is 193 g/mol. The number of amides is 2. The van der Waals surface area contributed by atoms with Crippen LogP contribution in [0.5, 0.6) is 0 Å². The molecule has 0 fully saturated rings. The van der Waals surface area contributed by atoms with Crippen LogP contribution in [0.4, 0.5) is 0 Å². The zero-order valence-electron chi connectivity index (χ0n) is 5.43. The number of hydrogen-bond donors (Lipinski definition) is 1. The van der Waals surface area contributed by atoms with Crippen LogP contribution in [0.2, 0.25) is 0 Å². The SMILES string of the molecule is C=C(Cl)Cl.O=C1C=CC(=O)N1. The van der Waals surface area contributed by atoms with Crippen LogP contribution in [-0.4, -0.2) is 11.8 Å². The molecule has 11 heavy (non-hydrogen) atoms. The second-order valence-corrected chi connectivity index (χ2v) is 2.63. The summed E-state index contributed by atoms with van der Waals surface area (Å²) in [6.07, 6.45) is 2.39. The number of halogens is 2. The van der Waals surface area contributed by atoms with Gasteiger partial charge in [-0.15, -0.1) is 0 Å². The largest absolute Gasteiger partial charge is 0.289 e. The topological polar surface area (TPSA) is 46.2 Å². The van der Waals surface area contributed by atoms with Gasteiger partial charge in [0.1, 0.15) is 0 Å². The Morgan fingerprint density at radius 2 is 1.55 bits per heavy atom. The van der Waals surface area contributed by atoms with Crippen LogP contribution in [-0.2, 0) is 9.59 Å². The van der Waals surface area contributed by atoms with E-state index in [0.29, 0.717) is 0 Å². The van der Waals surface area contributed by atoms with Crippen LogP contribution in [0.3, 0.4) is 0 Å². The highest BCUT2D eigenvalue weighted by molar-refractivity contribution is 6.55. The van der Waals surface area contributed by atoms with Gasteiger partial charge in [0, 0.05) is 12.2 Å². The Bertz CT molecular complexity index is 203. The molecule has 3 nitrogen and oxygen atoms in total. The number of nitrogens with one attached hydrogen (secondary N) is 1. The molecule has 0 saturated heterocycles. The average Bonchev–Trinajstić information content (AvgIpc) is 2.13. The Balaban J connectivity index is 0.000000218. The summed E-state index contributed by atoms with van der Waals surface area (Å²) in [5, 5.41) is 2.03. The molecule has 0 aromatic heterocycles. The summed E-state index contributed by atoms with van der Waals surface area (Å²) in [5.74, 6) is -0.657. The van der Waals surface area contributed by atoms with Crippen LogP contribution in [0.1, 0.15) is 0 Å². The zero-order valence-corrected chi connectivity index (χ0v) is 6.95. The lowest BCUT2D eigenvalue weighted by molar-refractivity contribution is -0.123. The van der Waals surface area contributed by atoms with E-state index in [1.165, 1.54) is 12.2 Å². The summed E-state index contributed by atoms with van der Waals surface area (Å²) in [7, 11) is 0. The standard InChI is InChI=1S/C4H3NO2.C2H2Cl2/c6-3-1-2-4(7)5-3;1-2(3)4/h1-2H,(H,5,6,7);1H2. The van der Waals surface area contributed by atoms with Gasteiger partial charge in [-0.2, -0.15) is 0 Å². The number of carbonyl (C=O) groups excluding carboxylic acids is 2. The van der Waals surface area contributed by atoms with Crippen molar-refractivity contribution in [3.63, 3.8) is 0 Å². The highest BCUT2D eigenvalue weighted by Gasteiger charge is 2.06. The number of rotatable bonds is 0. The average molecular weight is 194 g/mol. The number of carbonyl (C=O) groups is 2. The molecule has 0 saturated carbocycles. The fourth-order valence-corrected chi connectivity index (χ4v) is 0.356. The quantitative estimate of drug-likeness (QED) is 0.587. The van der Waals surface area contributed by atoms with Crippen LogP contribution < -0.4 is 5.32 Å².